The molecular weight excluding hydrogens is 92.1 g/mol. The van der Waals surface area contributed by atoms with Gasteiger partial charge in [0.2, 0.25) is 0 Å². The summed E-state index contributed by atoms with van der Waals surface area (Å²) in [4.78, 5) is 0. The maximum Gasteiger partial charge on any atom is 0.0332 e. The fourth-order valence-electron chi connectivity index (χ4n) is 0.321. The lowest BCUT2D eigenvalue weighted by molar-refractivity contribution is 0.168. The molecule has 0 aliphatic carbocycles. The van der Waals surface area contributed by atoms with Gasteiger partial charge in [-0.1, -0.05) is 6.92 Å². The first-order chi connectivity index (χ1) is 3.41. The summed E-state index contributed by atoms with van der Waals surface area (Å²) in [5.41, 5.74) is 2.04. The maximum atomic E-state index is 8.00. The molecule has 0 atom stereocenters. The molecule has 44 valence electrons. The summed E-state index contributed by atoms with van der Waals surface area (Å²) in [6.07, 6.45) is 0. The van der Waals surface area contributed by atoms with Crippen LogP contribution in [0.1, 0.15) is 6.92 Å². The lowest BCUT2D eigenvalue weighted by Gasteiger charge is -1.95. The normalized spacial score (nSPS) is 9.43. The Balaban J connectivity index is 2.45. The Kier molecular flexibility index (Phi) is 5.78. The van der Waals surface area contributed by atoms with E-state index in [1.807, 2.05) is 12.4 Å². The second kappa shape index (κ2) is 5.88. The third kappa shape index (κ3) is 5.88. The van der Waals surface area contributed by atoms with E-state index in [4.69, 9.17) is 5.21 Å². The van der Waals surface area contributed by atoms with Crippen molar-refractivity contribution < 1.29 is 5.21 Å². The summed E-state index contributed by atoms with van der Waals surface area (Å²) in [7, 11) is 0. The summed E-state index contributed by atoms with van der Waals surface area (Å²) in [5, 5.41) is 11.0. The van der Waals surface area contributed by atoms with Gasteiger partial charge in [0, 0.05) is 13.1 Å². The molecule has 0 aliphatic heterocycles. The third-order valence-corrected chi connectivity index (χ3v) is 0.664. The average molecular weight is 104 g/mol. The van der Waals surface area contributed by atoms with Gasteiger partial charge >= 0.3 is 0 Å². The predicted molar refractivity (Wildman–Crippen MR) is 28.3 cm³/mol. The highest BCUT2D eigenvalue weighted by molar-refractivity contribution is 4.40. The minimum absolute atomic E-state index is 0.619. The Bertz CT molecular complexity index is 28.9. The van der Waals surface area contributed by atoms with Crippen molar-refractivity contribution >= 4 is 0 Å². The van der Waals surface area contributed by atoms with Gasteiger partial charge in [-0.2, -0.15) is 0 Å². The Hall–Kier alpha value is -0.120. The van der Waals surface area contributed by atoms with E-state index in [1.54, 1.807) is 0 Å². The standard InChI is InChI=1S/C4H12N2O/c1-2-5-3-4-6-7/h5-7H,2-4H2,1H3. The molecule has 3 nitrogen and oxygen atoms in total. The van der Waals surface area contributed by atoms with Crippen LogP contribution in [0.3, 0.4) is 0 Å². The Morgan fingerprint density at radius 1 is 1.43 bits per heavy atom. The van der Waals surface area contributed by atoms with Crippen molar-refractivity contribution in [2.75, 3.05) is 19.6 Å². The maximum absolute atomic E-state index is 8.00. The second-order valence-electron chi connectivity index (χ2n) is 1.26. The molecule has 0 aromatic carbocycles. The molecule has 0 amide bonds. The minimum Gasteiger partial charge on any atom is -0.317 e. The van der Waals surface area contributed by atoms with E-state index in [0.717, 1.165) is 13.1 Å². The van der Waals surface area contributed by atoms with Crippen molar-refractivity contribution in [3.05, 3.63) is 0 Å². The highest BCUT2D eigenvalue weighted by Gasteiger charge is 1.76. The molecule has 3 heteroatoms. The lowest BCUT2D eigenvalue weighted by Crippen LogP contribution is -2.24. The molecule has 0 radical (unpaired) electrons. The smallest absolute Gasteiger partial charge is 0.0332 e. The zero-order valence-corrected chi connectivity index (χ0v) is 4.57. The molecule has 0 saturated heterocycles. The topological polar surface area (TPSA) is 44.3 Å². The molecule has 0 heterocycles. The van der Waals surface area contributed by atoms with Crippen molar-refractivity contribution in [3.63, 3.8) is 0 Å². The van der Waals surface area contributed by atoms with Gasteiger partial charge in [-0.25, -0.2) is 5.48 Å². The molecule has 3 N–H and O–H groups in total. The molecule has 0 rings (SSSR count). The van der Waals surface area contributed by atoms with E-state index in [-0.39, 0.29) is 0 Å². The monoisotopic (exact) mass is 104 g/mol. The van der Waals surface area contributed by atoms with Gasteiger partial charge in [-0.15, -0.1) is 0 Å². The van der Waals surface area contributed by atoms with Crippen molar-refractivity contribution in [2.45, 2.75) is 6.92 Å². The van der Waals surface area contributed by atoms with E-state index in [1.165, 1.54) is 0 Å². The van der Waals surface area contributed by atoms with E-state index in [9.17, 15) is 0 Å². The number of nitrogens with one attached hydrogen (secondary N) is 2. The zero-order valence-electron chi connectivity index (χ0n) is 4.57. The van der Waals surface area contributed by atoms with Gasteiger partial charge in [-0.3, -0.25) is 0 Å². The van der Waals surface area contributed by atoms with E-state index < -0.39 is 0 Å². The SMILES string of the molecule is CCNCCNO. The summed E-state index contributed by atoms with van der Waals surface area (Å²) < 4.78 is 0. The average Bonchev–Trinajstić information content (AvgIpc) is 1.69. The summed E-state index contributed by atoms with van der Waals surface area (Å²) in [5.74, 6) is 0. The van der Waals surface area contributed by atoms with Gasteiger partial charge in [0.15, 0.2) is 0 Å². The number of likely N-dealkylation sites (N-methyl/N-ethyl adjacent to an activating group) is 1. The quantitative estimate of drug-likeness (QED) is 0.335. The second-order valence-corrected chi connectivity index (χ2v) is 1.26. The molecule has 0 saturated carbocycles. The van der Waals surface area contributed by atoms with Crippen LogP contribution in [-0.4, -0.2) is 24.8 Å². The van der Waals surface area contributed by atoms with Crippen LogP contribution in [0, 0.1) is 0 Å². The van der Waals surface area contributed by atoms with Crippen LogP contribution in [-0.2, 0) is 0 Å². The Labute approximate surface area is 43.7 Å². The Morgan fingerprint density at radius 3 is 2.57 bits per heavy atom. The van der Waals surface area contributed by atoms with E-state index >= 15 is 0 Å². The first-order valence-electron chi connectivity index (χ1n) is 2.49. The van der Waals surface area contributed by atoms with Crippen LogP contribution in [0.5, 0.6) is 0 Å². The molecule has 0 aromatic rings. The van der Waals surface area contributed by atoms with Crippen LogP contribution >= 0.6 is 0 Å². The molecule has 0 spiro atoms. The molecule has 0 aromatic heterocycles. The van der Waals surface area contributed by atoms with E-state index in [2.05, 4.69) is 5.32 Å². The van der Waals surface area contributed by atoms with E-state index in [0.29, 0.717) is 6.54 Å². The van der Waals surface area contributed by atoms with Crippen molar-refractivity contribution in [1.82, 2.24) is 10.8 Å². The molecule has 0 aliphatic rings. The van der Waals surface area contributed by atoms with Crippen molar-refractivity contribution in [1.29, 1.82) is 0 Å². The highest BCUT2D eigenvalue weighted by Crippen LogP contribution is 1.52. The first kappa shape index (κ1) is 6.88. The fraction of sp³-hybridized carbons (Fsp3) is 1.00. The predicted octanol–water partition coefficient (Wildman–Crippen LogP) is -0.425. The van der Waals surface area contributed by atoms with Gasteiger partial charge < -0.3 is 10.5 Å². The third-order valence-electron chi connectivity index (χ3n) is 0.664. The van der Waals surface area contributed by atoms with Crippen molar-refractivity contribution in [2.24, 2.45) is 0 Å². The van der Waals surface area contributed by atoms with Crippen molar-refractivity contribution in [3.8, 4) is 0 Å². The summed E-state index contributed by atoms with van der Waals surface area (Å²) in [6.45, 7) is 4.43. The molecule has 0 fully saturated rings. The zero-order chi connectivity index (χ0) is 5.54. The first-order valence-corrected chi connectivity index (χ1v) is 2.49. The largest absolute Gasteiger partial charge is 0.317 e. The molecule has 0 bridgehead atoms. The number of hydrogen-bond donors (Lipinski definition) is 3. The van der Waals surface area contributed by atoms with Gasteiger partial charge in [-0.05, 0) is 6.54 Å². The van der Waals surface area contributed by atoms with Crippen LogP contribution in [0.2, 0.25) is 0 Å². The van der Waals surface area contributed by atoms with Crippen LogP contribution < -0.4 is 10.8 Å². The minimum atomic E-state index is 0.619. The number of rotatable bonds is 4. The molecule has 7 heavy (non-hydrogen) atoms. The van der Waals surface area contributed by atoms with Gasteiger partial charge in [0.05, 0.1) is 0 Å². The van der Waals surface area contributed by atoms with Crippen LogP contribution in [0.4, 0.5) is 0 Å². The van der Waals surface area contributed by atoms with Gasteiger partial charge in [0.1, 0.15) is 0 Å². The summed E-state index contributed by atoms with van der Waals surface area (Å²) >= 11 is 0. The molecular formula is C4H12N2O. The number of hydrogen-bond acceptors (Lipinski definition) is 3. The summed E-state index contributed by atoms with van der Waals surface area (Å²) in [6, 6.07) is 0. The van der Waals surface area contributed by atoms with Crippen LogP contribution in [0.25, 0.3) is 0 Å². The highest BCUT2D eigenvalue weighted by atomic mass is 16.5. The molecule has 0 unspecified atom stereocenters. The number of hydroxylamine groups is 1. The fourth-order valence-corrected chi connectivity index (χ4v) is 0.321. The van der Waals surface area contributed by atoms with Crippen LogP contribution in [0.15, 0.2) is 0 Å². The van der Waals surface area contributed by atoms with Gasteiger partial charge in [0.25, 0.3) is 0 Å². The Morgan fingerprint density at radius 2 is 2.14 bits per heavy atom. The lowest BCUT2D eigenvalue weighted by atomic mass is 10.6.